The Morgan fingerprint density at radius 1 is 1.30 bits per heavy atom. The highest BCUT2D eigenvalue weighted by Crippen LogP contribution is 2.43. The largest absolute Gasteiger partial charge is 0.341 e. The second kappa shape index (κ2) is 5.40. The van der Waals surface area contributed by atoms with Crippen LogP contribution in [-0.4, -0.2) is 29.1 Å². The molecule has 4 heteroatoms. The number of amides is 1. The van der Waals surface area contributed by atoms with Crippen LogP contribution in [0.25, 0.3) is 0 Å². The number of likely N-dealkylation sites (tertiary alicyclic amines) is 1. The first-order valence-electron chi connectivity index (χ1n) is 7.32. The zero-order chi connectivity index (χ0) is 14.2. The van der Waals surface area contributed by atoms with E-state index in [2.05, 4.69) is 12.6 Å². The molecule has 1 aliphatic heterocycles. The lowest BCUT2D eigenvalue weighted by Gasteiger charge is -2.34. The van der Waals surface area contributed by atoms with Gasteiger partial charge < -0.3 is 4.90 Å². The molecule has 0 N–H and O–H groups in total. The van der Waals surface area contributed by atoms with Gasteiger partial charge in [0, 0.05) is 30.2 Å². The molecule has 0 aromatic heterocycles. The Balaban J connectivity index is 1.89. The average Bonchev–Trinajstić information content (AvgIpc) is 2.99. The summed E-state index contributed by atoms with van der Waals surface area (Å²) in [4.78, 5) is 13.9. The molecule has 1 amide bonds. The van der Waals surface area contributed by atoms with E-state index in [0.29, 0.717) is 19.5 Å². The van der Waals surface area contributed by atoms with Crippen LogP contribution in [-0.2, 0) is 10.2 Å². The van der Waals surface area contributed by atoms with E-state index in [1.807, 2.05) is 17.0 Å². The Kier molecular flexibility index (Phi) is 3.76. The molecule has 108 valence electrons. The fourth-order valence-electron chi connectivity index (χ4n) is 3.73. The van der Waals surface area contributed by atoms with Gasteiger partial charge in [0.2, 0.25) is 5.91 Å². The highest BCUT2D eigenvalue weighted by atomic mass is 32.1. The second-order valence-electron chi connectivity index (χ2n) is 6.10. The molecule has 1 saturated carbocycles. The predicted molar refractivity (Wildman–Crippen MR) is 80.5 cm³/mol. The summed E-state index contributed by atoms with van der Waals surface area (Å²) >= 11 is 4.41. The molecule has 1 heterocycles. The number of carbonyl (C=O) groups excluding carboxylic acids is 1. The van der Waals surface area contributed by atoms with Crippen molar-refractivity contribution in [1.82, 2.24) is 4.90 Å². The Morgan fingerprint density at radius 2 is 2.00 bits per heavy atom. The SMILES string of the molecule is O=C1CC(S)CN1CC1(c2ccccc2F)CCCC1. The van der Waals surface area contributed by atoms with E-state index >= 15 is 0 Å². The Labute approximate surface area is 124 Å². The third kappa shape index (κ3) is 2.46. The van der Waals surface area contributed by atoms with Gasteiger partial charge in [-0.2, -0.15) is 12.6 Å². The van der Waals surface area contributed by atoms with Gasteiger partial charge in [-0.15, -0.1) is 0 Å². The van der Waals surface area contributed by atoms with Crippen molar-refractivity contribution in [2.45, 2.75) is 42.8 Å². The van der Waals surface area contributed by atoms with Crippen LogP contribution in [0.1, 0.15) is 37.7 Å². The first-order chi connectivity index (χ1) is 9.61. The van der Waals surface area contributed by atoms with E-state index < -0.39 is 0 Å². The third-order valence-corrected chi connectivity index (χ3v) is 5.04. The molecule has 20 heavy (non-hydrogen) atoms. The van der Waals surface area contributed by atoms with E-state index in [-0.39, 0.29) is 22.4 Å². The van der Waals surface area contributed by atoms with Crippen LogP contribution in [0, 0.1) is 5.82 Å². The number of benzene rings is 1. The van der Waals surface area contributed by atoms with Gasteiger partial charge >= 0.3 is 0 Å². The Bertz CT molecular complexity index is 513. The Hall–Kier alpha value is -1.03. The Morgan fingerprint density at radius 3 is 2.60 bits per heavy atom. The molecule has 1 aliphatic carbocycles. The fraction of sp³-hybridized carbons (Fsp3) is 0.562. The number of thiol groups is 1. The van der Waals surface area contributed by atoms with Crippen molar-refractivity contribution in [2.75, 3.05) is 13.1 Å². The summed E-state index contributed by atoms with van der Waals surface area (Å²) in [5.74, 6) is 0.0242. The van der Waals surface area contributed by atoms with Crippen LogP contribution in [0.5, 0.6) is 0 Å². The maximum Gasteiger partial charge on any atom is 0.223 e. The second-order valence-corrected chi connectivity index (χ2v) is 6.83. The van der Waals surface area contributed by atoms with Gasteiger partial charge in [0.05, 0.1) is 0 Å². The summed E-state index contributed by atoms with van der Waals surface area (Å²) in [6, 6.07) is 7.04. The summed E-state index contributed by atoms with van der Waals surface area (Å²) in [6.45, 7) is 1.34. The number of hydrogen-bond donors (Lipinski definition) is 1. The molecule has 2 nitrogen and oxygen atoms in total. The smallest absolute Gasteiger partial charge is 0.223 e. The molecule has 1 saturated heterocycles. The van der Waals surface area contributed by atoms with E-state index in [0.717, 1.165) is 31.2 Å². The fourth-order valence-corrected chi connectivity index (χ4v) is 4.08. The molecule has 3 rings (SSSR count). The number of hydrogen-bond acceptors (Lipinski definition) is 2. The lowest BCUT2D eigenvalue weighted by molar-refractivity contribution is -0.128. The molecule has 0 bridgehead atoms. The highest BCUT2D eigenvalue weighted by molar-refractivity contribution is 7.81. The zero-order valence-corrected chi connectivity index (χ0v) is 12.4. The van der Waals surface area contributed by atoms with E-state index in [1.165, 1.54) is 6.07 Å². The third-order valence-electron chi connectivity index (χ3n) is 4.69. The minimum absolute atomic E-state index is 0.126. The molecular formula is C16H20FNOS. The first-order valence-corrected chi connectivity index (χ1v) is 7.83. The maximum absolute atomic E-state index is 14.2. The van der Waals surface area contributed by atoms with E-state index in [9.17, 15) is 9.18 Å². The van der Waals surface area contributed by atoms with Crippen LogP contribution >= 0.6 is 12.6 Å². The van der Waals surface area contributed by atoms with E-state index in [1.54, 1.807) is 6.07 Å². The van der Waals surface area contributed by atoms with Crippen LogP contribution in [0.15, 0.2) is 24.3 Å². The zero-order valence-electron chi connectivity index (χ0n) is 11.5. The summed E-state index contributed by atoms with van der Waals surface area (Å²) in [7, 11) is 0. The number of nitrogens with zero attached hydrogens (tertiary/aromatic N) is 1. The van der Waals surface area contributed by atoms with Gasteiger partial charge in [0.25, 0.3) is 0 Å². The average molecular weight is 293 g/mol. The van der Waals surface area contributed by atoms with Gasteiger partial charge in [-0.25, -0.2) is 4.39 Å². The molecule has 1 aromatic carbocycles. The topological polar surface area (TPSA) is 20.3 Å². The minimum Gasteiger partial charge on any atom is -0.341 e. The monoisotopic (exact) mass is 293 g/mol. The molecule has 0 spiro atoms. The van der Waals surface area contributed by atoms with Crippen LogP contribution in [0.3, 0.4) is 0 Å². The van der Waals surface area contributed by atoms with Crippen molar-refractivity contribution in [2.24, 2.45) is 0 Å². The molecule has 0 radical (unpaired) electrons. The molecule has 2 fully saturated rings. The van der Waals surface area contributed by atoms with Crippen molar-refractivity contribution < 1.29 is 9.18 Å². The predicted octanol–water partition coefficient (Wildman–Crippen LogP) is 3.17. The number of carbonyl (C=O) groups is 1. The van der Waals surface area contributed by atoms with Crippen molar-refractivity contribution >= 4 is 18.5 Å². The summed E-state index contributed by atoms with van der Waals surface area (Å²) in [6.07, 6.45) is 4.67. The lowest BCUT2D eigenvalue weighted by atomic mass is 9.78. The maximum atomic E-state index is 14.2. The molecule has 1 unspecified atom stereocenters. The van der Waals surface area contributed by atoms with Crippen molar-refractivity contribution in [1.29, 1.82) is 0 Å². The minimum atomic E-state index is -0.196. The summed E-state index contributed by atoms with van der Waals surface area (Å²) < 4.78 is 14.2. The van der Waals surface area contributed by atoms with Crippen molar-refractivity contribution in [3.63, 3.8) is 0 Å². The molecule has 1 atom stereocenters. The normalized spacial score (nSPS) is 25.4. The van der Waals surface area contributed by atoms with Crippen LogP contribution in [0.2, 0.25) is 0 Å². The molecule has 1 aromatic rings. The first kappa shape index (κ1) is 13.9. The van der Waals surface area contributed by atoms with Gasteiger partial charge in [-0.1, -0.05) is 31.0 Å². The molecule has 2 aliphatic rings. The summed E-state index contributed by atoms with van der Waals surface area (Å²) in [5.41, 5.74) is 0.590. The standard InChI is InChI=1S/C16H20FNOS/c17-14-6-2-1-5-13(14)16(7-3-4-8-16)11-18-10-12(20)9-15(18)19/h1-2,5-6,12,20H,3-4,7-11H2. The van der Waals surface area contributed by atoms with Crippen molar-refractivity contribution in [3.8, 4) is 0 Å². The van der Waals surface area contributed by atoms with Crippen molar-refractivity contribution in [3.05, 3.63) is 35.6 Å². The van der Waals surface area contributed by atoms with Crippen LogP contribution < -0.4 is 0 Å². The lowest BCUT2D eigenvalue weighted by Crippen LogP contribution is -2.40. The molecular weight excluding hydrogens is 273 g/mol. The number of halogens is 1. The van der Waals surface area contributed by atoms with E-state index in [4.69, 9.17) is 0 Å². The van der Waals surface area contributed by atoms with Gasteiger partial charge in [0.15, 0.2) is 0 Å². The number of rotatable bonds is 3. The van der Waals surface area contributed by atoms with Gasteiger partial charge in [-0.05, 0) is 24.5 Å². The highest BCUT2D eigenvalue weighted by Gasteiger charge is 2.41. The quantitative estimate of drug-likeness (QED) is 0.849. The van der Waals surface area contributed by atoms with Gasteiger partial charge in [-0.3, -0.25) is 4.79 Å². The summed E-state index contributed by atoms with van der Waals surface area (Å²) in [5, 5.41) is 0.126. The van der Waals surface area contributed by atoms with Gasteiger partial charge in [0.1, 0.15) is 5.82 Å². The van der Waals surface area contributed by atoms with Crippen LogP contribution in [0.4, 0.5) is 4.39 Å².